The molecule has 0 unspecified atom stereocenters. The highest BCUT2D eigenvalue weighted by molar-refractivity contribution is 8.00. The van der Waals surface area contributed by atoms with Gasteiger partial charge in [0, 0.05) is 41.7 Å². The summed E-state index contributed by atoms with van der Waals surface area (Å²) in [5.74, 6) is 3.51. The van der Waals surface area contributed by atoms with Crippen molar-refractivity contribution in [1.82, 2.24) is 4.57 Å². The summed E-state index contributed by atoms with van der Waals surface area (Å²) >= 11 is 3.72. The van der Waals surface area contributed by atoms with E-state index in [4.69, 9.17) is 9.47 Å². The van der Waals surface area contributed by atoms with Crippen molar-refractivity contribution in [1.29, 1.82) is 0 Å². The zero-order chi connectivity index (χ0) is 45.2. The van der Waals surface area contributed by atoms with E-state index in [1.807, 2.05) is 23.5 Å². The maximum atomic E-state index is 6.60. The van der Waals surface area contributed by atoms with Crippen molar-refractivity contribution in [3.63, 3.8) is 0 Å². The molecule has 4 aliphatic heterocycles. The van der Waals surface area contributed by atoms with E-state index in [9.17, 15) is 0 Å². The molecule has 0 saturated heterocycles. The minimum Gasteiger partial charge on any atom is -0.458 e. The smallest absolute Gasteiger partial charge is 0.335 e. The highest BCUT2D eigenvalue weighted by atomic mass is 32.2. The average Bonchev–Trinajstić information content (AvgIpc) is 3.75. The summed E-state index contributed by atoms with van der Waals surface area (Å²) in [6, 6.07) is 81.4. The average molecular weight is 918 g/mol. The minimum absolute atomic E-state index is 0.0552. The van der Waals surface area contributed by atoms with Crippen molar-refractivity contribution < 1.29 is 9.47 Å². The number of aromatic nitrogens is 1. The second-order valence-electron chi connectivity index (χ2n) is 17.9. The Labute approximate surface area is 408 Å². The van der Waals surface area contributed by atoms with Crippen LogP contribution >= 0.6 is 23.5 Å². The molecule has 5 heterocycles. The number of rotatable bonds is 4. The van der Waals surface area contributed by atoms with Crippen LogP contribution in [0.25, 0.3) is 38.6 Å². The Morgan fingerprint density at radius 2 is 0.913 bits per heavy atom. The summed E-state index contributed by atoms with van der Waals surface area (Å²) in [7, 11) is 0. The van der Waals surface area contributed by atoms with Crippen molar-refractivity contribution in [2.75, 3.05) is 9.62 Å². The van der Waals surface area contributed by atoms with Crippen molar-refractivity contribution in [2.24, 2.45) is 0 Å². The Balaban J connectivity index is 0.892. The zero-order valence-electron chi connectivity index (χ0n) is 37.0. The van der Waals surface area contributed by atoms with E-state index in [-0.39, 0.29) is 13.7 Å². The molecule has 0 radical (unpaired) electrons. The predicted molar refractivity (Wildman–Crippen MR) is 288 cm³/mol. The van der Waals surface area contributed by atoms with Crippen LogP contribution in [0.1, 0.15) is 0 Å². The molecule has 15 rings (SSSR count). The van der Waals surface area contributed by atoms with E-state index in [1.54, 1.807) is 0 Å². The Hall–Kier alpha value is -7.97. The molecule has 0 fully saturated rings. The molecule has 0 saturated carbocycles. The van der Waals surface area contributed by atoms with Crippen LogP contribution in [0, 0.1) is 0 Å². The van der Waals surface area contributed by atoms with Gasteiger partial charge in [-0.3, -0.25) is 0 Å². The summed E-state index contributed by atoms with van der Waals surface area (Å²) in [6.07, 6.45) is 0. The first-order valence-electron chi connectivity index (χ1n) is 23.4. The molecule has 0 bridgehead atoms. The maximum absolute atomic E-state index is 6.60. The molecule has 0 N–H and O–H groups in total. The number of para-hydroxylation sites is 8. The van der Waals surface area contributed by atoms with Gasteiger partial charge < -0.3 is 23.7 Å². The lowest BCUT2D eigenvalue weighted by Crippen LogP contribution is -2.58. The van der Waals surface area contributed by atoms with Gasteiger partial charge in [0.2, 0.25) is 0 Å². The molecule has 0 amide bonds. The molecule has 5 nitrogen and oxygen atoms in total. The third kappa shape index (κ3) is 5.90. The highest BCUT2D eigenvalue weighted by Gasteiger charge is 2.43. The summed E-state index contributed by atoms with van der Waals surface area (Å²) in [5, 5.41) is 2.45. The lowest BCUT2D eigenvalue weighted by atomic mass is 9.47. The largest absolute Gasteiger partial charge is 0.458 e. The fraction of sp³-hybridized carbons (Fsp3) is 0. The molecule has 0 aliphatic carbocycles. The lowest BCUT2D eigenvalue weighted by Gasteiger charge is -2.40. The van der Waals surface area contributed by atoms with E-state index in [2.05, 4.69) is 239 Å². The van der Waals surface area contributed by atoms with Crippen LogP contribution in [0.5, 0.6) is 23.0 Å². The molecule has 4 aliphatic rings. The van der Waals surface area contributed by atoms with E-state index in [1.165, 1.54) is 69.3 Å². The molecular weight excluding hydrogens is 880 g/mol. The van der Waals surface area contributed by atoms with Crippen LogP contribution in [0.3, 0.4) is 0 Å². The molecule has 0 atom stereocenters. The third-order valence-corrected chi connectivity index (χ3v) is 16.5. The molecule has 10 aromatic carbocycles. The van der Waals surface area contributed by atoms with E-state index < -0.39 is 0 Å². The number of nitrogens with zero attached hydrogens (tertiary/aromatic N) is 3. The van der Waals surface area contributed by atoms with Crippen molar-refractivity contribution in [3.05, 3.63) is 224 Å². The van der Waals surface area contributed by atoms with Crippen LogP contribution < -0.4 is 40.9 Å². The quantitative estimate of drug-likeness (QED) is 0.163. The third-order valence-electron chi connectivity index (χ3n) is 14.2. The summed E-state index contributed by atoms with van der Waals surface area (Å²) in [6.45, 7) is -0.176. The first-order valence-corrected chi connectivity index (χ1v) is 25.0. The number of anilines is 4. The van der Waals surface area contributed by atoms with Crippen molar-refractivity contribution in [2.45, 2.75) is 19.6 Å². The molecular formula is C60H37B2N3O2S2. The second-order valence-corrected chi connectivity index (χ2v) is 20.1. The Morgan fingerprint density at radius 1 is 0.348 bits per heavy atom. The lowest BCUT2D eigenvalue weighted by molar-refractivity contribution is 0.478. The highest BCUT2D eigenvalue weighted by Crippen LogP contribution is 2.54. The predicted octanol–water partition coefficient (Wildman–Crippen LogP) is 13.5. The van der Waals surface area contributed by atoms with Crippen LogP contribution in [0.15, 0.2) is 244 Å². The number of hydrogen-bond acceptors (Lipinski definition) is 6. The first kappa shape index (κ1) is 39.1. The van der Waals surface area contributed by atoms with E-state index >= 15 is 0 Å². The normalized spacial score (nSPS) is 13.8. The standard InChI is InChI=1S/C60H37B2N3O2S2/c1-5-22-46-41(18-1)59-50(34-35-57-60(59)65(49-25-8-14-31-56(49)69-57)61-42-19-2-9-26-51(42)66-52-27-10-3-20-43(52)61)63(46)40-17-15-16-38(36-40)39-32-33-45-58(37-39)68-55-30-13-4-21-44(55)62(45)64-47-23-6-11-28-53(47)67-54-29-12-7-24-48(54)64/h1-37H. The Kier molecular flexibility index (Phi) is 8.65. The summed E-state index contributed by atoms with van der Waals surface area (Å²) in [4.78, 5) is 10.1. The van der Waals surface area contributed by atoms with Gasteiger partial charge in [-0.25, -0.2) is 0 Å². The SMILES string of the molecule is c1cc(-c2ccc3c(c2)Sc2ccccc2B3N2c3ccccc3Oc3ccccc32)cc(-n2c3ccccc3c3c4c(ccc32)Sc2ccccc2N4B2c3ccccc3Oc3ccccc32)c1. The first-order chi connectivity index (χ1) is 34.2. The molecule has 0 spiro atoms. The van der Waals surface area contributed by atoms with Gasteiger partial charge in [0.25, 0.3) is 0 Å². The van der Waals surface area contributed by atoms with Crippen LogP contribution in [0.4, 0.5) is 22.7 Å². The summed E-state index contributed by atoms with van der Waals surface area (Å²) in [5.41, 5.74) is 15.2. The number of hydrogen-bond donors (Lipinski definition) is 0. The maximum Gasteiger partial charge on any atom is 0.335 e. The van der Waals surface area contributed by atoms with Crippen molar-refractivity contribution in [3.8, 4) is 39.8 Å². The van der Waals surface area contributed by atoms with Gasteiger partial charge in [-0.2, -0.15) is 0 Å². The second kappa shape index (κ2) is 15.3. The van der Waals surface area contributed by atoms with Gasteiger partial charge in [-0.05, 0) is 124 Å². The Morgan fingerprint density at radius 3 is 1.68 bits per heavy atom. The van der Waals surface area contributed by atoms with Gasteiger partial charge in [0.15, 0.2) is 0 Å². The Bertz CT molecular complexity index is 3860. The number of ether oxygens (including phenoxy) is 2. The van der Waals surface area contributed by atoms with Gasteiger partial charge in [0.05, 0.1) is 28.1 Å². The molecule has 9 heteroatoms. The molecule has 322 valence electrons. The van der Waals surface area contributed by atoms with Gasteiger partial charge in [-0.15, -0.1) is 0 Å². The molecule has 69 heavy (non-hydrogen) atoms. The molecule has 11 aromatic rings. The minimum atomic E-state index is -0.121. The van der Waals surface area contributed by atoms with Crippen LogP contribution in [-0.4, -0.2) is 18.3 Å². The van der Waals surface area contributed by atoms with E-state index in [0.29, 0.717) is 0 Å². The molecule has 1 aromatic heterocycles. The fourth-order valence-electron chi connectivity index (χ4n) is 11.3. The zero-order valence-corrected chi connectivity index (χ0v) is 38.6. The number of benzene rings is 10. The number of fused-ring (bicyclic) bond motifs is 12. The van der Waals surface area contributed by atoms with Crippen molar-refractivity contribution >= 4 is 104 Å². The fourth-order valence-corrected chi connectivity index (χ4v) is 13.5. The van der Waals surface area contributed by atoms with Gasteiger partial charge in [0.1, 0.15) is 23.0 Å². The van der Waals surface area contributed by atoms with Crippen LogP contribution in [0.2, 0.25) is 0 Å². The monoisotopic (exact) mass is 917 g/mol. The van der Waals surface area contributed by atoms with E-state index in [0.717, 1.165) is 56.5 Å². The van der Waals surface area contributed by atoms with Gasteiger partial charge in [-0.1, -0.05) is 157 Å². The summed E-state index contributed by atoms with van der Waals surface area (Å²) < 4.78 is 15.6. The topological polar surface area (TPSA) is 29.9 Å². The van der Waals surface area contributed by atoms with Crippen LogP contribution in [-0.2, 0) is 0 Å². The van der Waals surface area contributed by atoms with Gasteiger partial charge >= 0.3 is 13.7 Å².